The summed E-state index contributed by atoms with van der Waals surface area (Å²) in [6.07, 6.45) is 5.97. The van der Waals surface area contributed by atoms with Crippen molar-refractivity contribution < 1.29 is 28.9 Å². The first-order chi connectivity index (χ1) is 16.9. The van der Waals surface area contributed by atoms with Gasteiger partial charge in [-0.05, 0) is 50.8 Å². The Labute approximate surface area is 204 Å². The maximum absolute atomic E-state index is 14.0. The van der Waals surface area contributed by atoms with Gasteiger partial charge >= 0.3 is 0 Å². The molecule has 35 heavy (non-hydrogen) atoms. The monoisotopic (exact) mass is 487 g/mol. The smallest absolute Gasteiger partial charge is 0.236 e. The molecule has 0 spiro atoms. The zero-order chi connectivity index (χ0) is 24.5. The second-order valence-electron chi connectivity index (χ2n) is 10.1. The lowest BCUT2D eigenvalue weighted by molar-refractivity contribution is -0.140. The number of hydrogen-bond donors (Lipinski definition) is 2. The van der Waals surface area contributed by atoms with E-state index >= 15 is 0 Å². The molecule has 5 rings (SSSR count). The molecule has 1 aromatic carbocycles. The lowest BCUT2D eigenvalue weighted by Gasteiger charge is -2.37. The number of ether oxygens (including phenoxy) is 1. The third-order valence-corrected chi connectivity index (χ3v) is 7.82. The van der Waals surface area contributed by atoms with Crippen LogP contribution < -0.4 is 9.64 Å². The molecule has 8 nitrogen and oxygen atoms in total. The van der Waals surface area contributed by atoms with Crippen molar-refractivity contribution in [1.29, 1.82) is 0 Å². The van der Waals surface area contributed by atoms with Crippen LogP contribution in [0.1, 0.15) is 32.1 Å². The predicted octanol–water partition coefficient (Wildman–Crippen LogP) is 1.55. The third-order valence-electron chi connectivity index (χ3n) is 7.82. The highest BCUT2D eigenvalue weighted by molar-refractivity contribution is 6.06. The van der Waals surface area contributed by atoms with Gasteiger partial charge in [0, 0.05) is 38.8 Å². The molecule has 0 radical (unpaired) electrons. The Bertz CT molecular complexity index is 944. The lowest BCUT2D eigenvalue weighted by atomic mass is 9.81. The number of piperazine rings is 1. The largest absolute Gasteiger partial charge is 0.488 e. The number of imide groups is 1. The molecule has 1 saturated carbocycles. The highest BCUT2D eigenvalue weighted by Gasteiger charge is 2.53. The fraction of sp³-hybridized carbons (Fsp3) is 0.615. The van der Waals surface area contributed by atoms with E-state index in [0.29, 0.717) is 6.42 Å². The summed E-state index contributed by atoms with van der Waals surface area (Å²) in [5.74, 6) is -2.11. The summed E-state index contributed by atoms with van der Waals surface area (Å²) in [5, 5.41) is 20.2. The molecular formula is C26H34FN3O5. The molecule has 3 fully saturated rings. The number of carbonyl (C=O) groups is 2. The minimum absolute atomic E-state index is 0.207. The van der Waals surface area contributed by atoms with Gasteiger partial charge in [0.05, 0.1) is 35.8 Å². The first-order valence-corrected chi connectivity index (χ1v) is 12.8. The van der Waals surface area contributed by atoms with Gasteiger partial charge in [-0.1, -0.05) is 12.2 Å². The molecule has 4 aliphatic rings. The molecule has 0 bridgehead atoms. The van der Waals surface area contributed by atoms with Crippen molar-refractivity contribution in [3.05, 3.63) is 36.2 Å². The van der Waals surface area contributed by atoms with Crippen LogP contribution in [-0.2, 0) is 9.59 Å². The van der Waals surface area contributed by atoms with Gasteiger partial charge in [0.2, 0.25) is 11.8 Å². The first-order valence-electron chi connectivity index (χ1n) is 12.8. The Balaban J connectivity index is 1.12. The second kappa shape index (κ2) is 10.2. The number of halogens is 1. The molecule has 2 aliphatic heterocycles. The summed E-state index contributed by atoms with van der Waals surface area (Å²) in [6, 6.07) is 4.75. The van der Waals surface area contributed by atoms with Gasteiger partial charge in [-0.25, -0.2) is 4.39 Å². The Morgan fingerprint density at radius 2 is 1.54 bits per heavy atom. The summed E-state index contributed by atoms with van der Waals surface area (Å²) < 4.78 is 20.2. The molecule has 2 saturated heterocycles. The van der Waals surface area contributed by atoms with Gasteiger partial charge in [0.15, 0.2) is 0 Å². The number of amides is 2. The van der Waals surface area contributed by atoms with E-state index in [-0.39, 0.29) is 18.5 Å². The highest BCUT2D eigenvalue weighted by atomic mass is 19.1. The molecule has 2 heterocycles. The van der Waals surface area contributed by atoms with E-state index in [1.165, 1.54) is 36.0 Å². The first kappa shape index (κ1) is 24.2. The number of anilines is 1. The molecule has 9 heteroatoms. The van der Waals surface area contributed by atoms with Crippen LogP contribution in [-0.4, -0.2) is 89.4 Å². The molecular weight excluding hydrogens is 453 g/mol. The Morgan fingerprint density at radius 1 is 0.914 bits per heavy atom. The van der Waals surface area contributed by atoms with E-state index in [0.717, 1.165) is 57.0 Å². The molecule has 4 atom stereocenters. The van der Waals surface area contributed by atoms with Gasteiger partial charge in [-0.15, -0.1) is 0 Å². The van der Waals surface area contributed by atoms with E-state index in [9.17, 15) is 24.2 Å². The zero-order valence-electron chi connectivity index (χ0n) is 19.9. The summed E-state index contributed by atoms with van der Waals surface area (Å²) >= 11 is 0. The molecule has 0 aromatic heterocycles. The van der Waals surface area contributed by atoms with Crippen LogP contribution in [0.25, 0.3) is 0 Å². The fourth-order valence-electron chi connectivity index (χ4n) is 5.87. The third kappa shape index (κ3) is 4.94. The van der Waals surface area contributed by atoms with Crippen LogP contribution >= 0.6 is 0 Å². The topological polar surface area (TPSA) is 93.5 Å². The van der Waals surface area contributed by atoms with E-state index in [1.54, 1.807) is 12.1 Å². The lowest BCUT2D eigenvalue weighted by Crippen LogP contribution is -2.47. The molecule has 190 valence electrons. The summed E-state index contributed by atoms with van der Waals surface area (Å²) in [5.41, 5.74) is 0.804. The number of fused-ring (bicyclic) bond motifs is 1. The highest BCUT2D eigenvalue weighted by Crippen LogP contribution is 2.36. The van der Waals surface area contributed by atoms with E-state index in [4.69, 9.17) is 4.74 Å². The van der Waals surface area contributed by atoms with Gasteiger partial charge in [-0.3, -0.25) is 19.4 Å². The minimum Gasteiger partial charge on any atom is -0.488 e. The average Bonchev–Trinajstić information content (AvgIpc) is 3.45. The van der Waals surface area contributed by atoms with E-state index in [2.05, 4.69) is 9.80 Å². The number of carbonyl (C=O) groups excluding carboxylic acids is 2. The zero-order valence-corrected chi connectivity index (χ0v) is 19.9. The number of rotatable bonds is 7. The number of hydrogen-bond acceptors (Lipinski definition) is 7. The van der Waals surface area contributed by atoms with Crippen molar-refractivity contribution in [2.75, 3.05) is 44.2 Å². The van der Waals surface area contributed by atoms with Crippen LogP contribution in [0.5, 0.6) is 5.75 Å². The Kier molecular flexibility index (Phi) is 7.09. The van der Waals surface area contributed by atoms with Crippen molar-refractivity contribution in [3.8, 4) is 5.75 Å². The summed E-state index contributed by atoms with van der Waals surface area (Å²) in [6.45, 7) is 4.04. The standard InChI is InChI=1S/C26H34FN3O5/c27-17-6-9-22(35-18-4-1-2-5-18)19(16-17)29-14-12-28(13-15-29)10-3-11-30-25(33)23-20(31)7-8-21(32)24(23)26(30)34/h6-9,16,18,20-21,23-24,31-32H,1-5,10-15H2. The Morgan fingerprint density at radius 3 is 2.17 bits per heavy atom. The number of benzene rings is 1. The fourth-order valence-corrected chi connectivity index (χ4v) is 5.87. The van der Waals surface area contributed by atoms with Crippen LogP contribution in [0.4, 0.5) is 10.1 Å². The normalized spacial score (nSPS) is 29.8. The predicted molar refractivity (Wildman–Crippen MR) is 127 cm³/mol. The van der Waals surface area contributed by atoms with Crippen LogP contribution in [0.15, 0.2) is 30.4 Å². The van der Waals surface area contributed by atoms with Gasteiger partial charge in [0.25, 0.3) is 0 Å². The van der Waals surface area contributed by atoms with Gasteiger partial charge < -0.3 is 19.8 Å². The number of aliphatic hydroxyl groups excluding tert-OH is 2. The summed E-state index contributed by atoms with van der Waals surface area (Å²) in [7, 11) is 0. The second-order valence-corrected chi connectivity index (χ2v) is 10.1. The molecule has 2 aliphatic carbocycles. The molecule has 1 aromatic rings. The molecule has 2 amide bonds. The van der Waals surface area contributed by atoms with Crippen LogP contribution in [0.3, 0.4) is 0 Å². The van der Waals surface area contributed by atoms with E-state index in [1.807, 2.05) is 0 Å². The van der Waals surface area contributed by atoms with Crippen molar-refractivity contribution in [1.82, 2.24) is 9.80 Å². The minimum atomic E-state index is -1.04. The maximum Gasteiger partial charge on any atom is 0.236 e. The van der Waals surface area contributed by atoms with Crippen LogP contribution in [0.2, 0.25) is 0 Å². The molecule has 4 unspecified atom stereocenters. The van der Waals surface area contributed by atoms with Crippen molar-refractivity contribution >= 4 is 17.5 Å². The Hall–Kier alpha value is -2.49. The van der Waals surface area contributed by atoms with Gasteiger partial charge in [-0.2, -0.15) is 0 Å². The quantitative estimate of drug-likeness (QED) is 0.445. The average molecular weight is 488 g/mol. The number of nitrogens with zero attached hydrogens (tertiary/aromatic N) is 3. The van der Waals surface area contributed by atoms with Crippen LogP contribution in [0, 0.1) is 17.7 Å². The maximum atomic E-state index is 14.0. The van der Waals surface area contributed by atoms with Crippen molar-refractivity contribution in [2.24, 2.45) is 11.8 Å². The van der Waals surface area contributed by atoms with Crippen molar-refractivity contribution in [2.45, 2.75) is 50.4 Å². The number of aliphatic hydroxyl groups is 2. The number of likely N-dealkylation sites (tertiary alicyclic amines) is 1. The summed E-state index contributed by atoms with van der Waals surface area (Å²) in [4.78, 5) is 31.1. The van der Waals surface area contributed by atoms with E-state index < -0.39 is 35.9 Å². The van der Waals surface area contributed by atoms with Crippen molar-refractivity contribution in [3.63, 3.8) is 0 Å². The molecule has 2 N–H and O–H groups in total. The van der Waals surface area contributed by atoms with Gasteiger partial charge in [0.1, 0.15) is 11.6 Å². The SMILES string of the molecule is O=C1C2C(O)C=CC(O)C2C(=O)N1CCCN1CCN(c2cc(F)ccc2OC2CCCC2)CC1.